The predicted octanol–water partition coefficient (Wildman–Crippen LogP) is 3.77. The second kappa shape index (κ2) is 7.75. The van der Waals surface area contributed by atoms with Crippen LogP contribution in [0.5, 0.6) is 0 Å². The van der Waals surface area contributed by atoms with E-state index in [4.69, 9.17) is 4.52 Å². The van der Waals surface area contributed by atoms with Gasteiger partial charge < -0.3 is 14.9 Å². The Kier molecular flexibility index (Phi) is 5.23. The number of hydrogen-bond donors (Lipinski definition) is 2. The summed E-state index contributed by atoms with van der Waals surface area (Å²) >= 11 is 1.51. The average molecular weight is 369 g/mol. The molecular weight excluding hydrogens is 354 g/mol. The quantitative estimate of drug-likeness (QED) is 0.685. The van der Waals surface area contributed by atoms with E-state index in [9.17, 15) is 14.7 Å². The third kappa shape index (κ3) is 4.42. The molecule has 0 aliphatic rings. The van der Waals surface area contributed by atoms with Crippen molar-refractivity contribution in [3.8, 4) is 11.4 Å². The van der Waals surface area contributed by atoms with Gasteiger partial charge >= 0.3 is 5.97 Å². The van der Waals surface area contributed by atoms with Crippen LogP contribution in [-0.4, -0.2) is 27.1 Å². The molecule has 0 spiro atoms. The number of benzene rings is 1. The molecule has 8 heteroatoms. The Labute approximate surface area is 153 Å². The Morgan fingerprint density at radius 2 is 2.04 bits per heavy atom. The van der Waals surface area contributed by atoms with Crippen LogP contribution < -0.4 is 5.32 Å². The molecule has 0 aliphatic heterocycles. The van der Waals surface area contributed by atoms with Gasteiger partial charge in [-0.15, -0.1) is 0 Å². The zero-order valence-corrected chi connectivity index (χ0v) is 14.6. The van der Waals surface area contributed by atoms with Crippen molar-refractivity contribution in [2.24, 2.45) is 0 Å². The first-order valence-corrected chi connectivity index (χ1v) is 8.62. The van der Waals surface area contributed by atoms with Gasteiger partial charge in [0.05, 0.1) is 6.42 Å². The standard InChI is InChI=1S/C18H15N3O4S/c1-11(22)19-15-4-2-12(3-5-15)8-14(9-16(23)24)18-20-17(21-25-18)13-6-7-26-10-13/h2-8,10H,9H2,1H3,(H,19,22)(H,23,24)/b14-8+. The zero-order valence-electron chi connectivity index (χ0n) is 13.8. The largest absolute Gasteiger partial charge is 0.481 e. The molecule has 0 aliphatic carbocycles. The molecule has 0 unspecified atom stereocenters. The summed E-state index contributed by atoms with van der Waals surface area (Å²) < 4.78 is 5.25. The molecule has 132 valence electrons. The number of carbonyl (C=O) groups excluding carboxylic acids is 1. The number of carboxylic acids is 1. The predicted molar refractivity (Wildman–Crippen MR) is 98.5 cm³/mol. The second-order valence-corrected chi connectivity index (χ2v) is 6.26. The van der Waals surface area contributed by atoms with Gasteiger partial charge in [-0.25, -0.2) is 0 Å². The maximum Gasteiger partial charge on any atom is 0.308 e. The fraction of sp³-hybridized carbons (Fsp3) is 0.111. The fourth-order valence-electron chi connectivity index (χ4n) is 2.28. The topological polar surface area (TPSA) is 105 Å². The number of thiophene rings is 1. The molecule has 26 heavy (non-hydrogen) atoms. The highest BCUT2D eigenvalue weighted by molar-refractivity contribution is 7.08. The first-order chi connectivity index (χ1) is 12.5. The summed E-state index contributed by atoms with van der Waals surface area (Å²) in [5, 5.41) is 19.6. The Balaban J connectivity index is 1.89. The lowest BCUT2D eigenvalue weighted by atomic mass is 10.1. The van der Waals surface area contributed by atoms with Crippen LogP contribution in [0, 0.1) is 0 Å². The smallest absolute Gasteiger partial charge is 0.308 e. The third-order valence-corrected chi connectivity index (χ3v) is 4.08. The molecule has 0 atom stereocenters. The number of nitrogens with one attached hydrogen (secondary N) is 1. The van der Waals surface area contributed by atoms with E-state index >= 15 is 0 Å². The summed E-state index contributed by atoms with van der Waals surface area (Å²) in [6.45, 7) is 1.43. The van der Waals surface area contributed by atoms with Crippen LogP contribution in [-0.2, 0) is 9.59 Å². The maximum absolute atomic E-state index is 11.2. The van der Waals surface area contributed by atoms with Crippen molar-refractivity contribution >= 4 is 40.5 Å². The minimum atomic E-state index is -0.999. The normalized spacial score (nSPS) is 11.3. The minimum Gasteiger partial charge on any atom is -0.481 e. The van der Waals surface area contributed by atoms with E-state index in [-0.39, 0.29) is 18.2 Å². The number of anilines is 1. The number of aliphatic carboxylic acids is 1. The number of amides is 1. The Bertz CT molecular complexity index is 943. The van der Waals surface area contributed by atoms with Crippen LogP contribution >= 0.6 is 11.3 Å². The summed E-state index contributed by atoms with van der Waals surface area (Å²) in [7, 11) is 0. The molecule has 3 aromatic rings. The van der Waals surface area contributed by atoms with Crippen molar-refractivity contribution in [1.29, 1.82) is 0 Å². The van der Waals surface area contributed by atoms with E-state index in [2.05, 4.69) is 15.5 Å². The minimum absolute atomic E-state index is 0.160. The molecule has 0 saturated heterocycles. The van der Waals surface area contributed by atoms with Crippen molar-refractivity contribution < 1.29 is 19.2 Å². The monoisotopic (exact) mass is 369 g/mol. The molecule has 7 nitrogen and oxygen atoms in total. The van der Waals surface area contributed by atoms with Gasteiger partial charge in [0.1, 0.15) is 0 Å². The molecule has 2 aromatic heterocycles. The van der Waals surface area contributed by atoms with Crippen LogP contribution in [0.2, 0.25) is 0 Å². The van der Waals surface area contributed by atoms with E-state index in [1.807, 2.05) is 16.8 Å². The van der Waals surface area contributed by atoms with Crippen molar-refractivity contribution in [3.05, 3.63) is 52.5 Å². The maximum atomic E-state index is 11.2. The molecule has 2 N–H and O–H groups in total. The molecule has 1 aromatic carbocycles. The van der Waals surface area contributed by atoms with E-state index in [1.54, 1.807) is 30.3 Å². The summed E-state index contributed by atoms with van der Waals surface area (Å²) in [4.78, 5) is 26.6. The first kappa shape index (κ1) is 17.6. The number of rotatable bonds is 6. The van der Waals surface area contributed by atoms with Gasteiger partial charge in [0.25, 0.3) is 5.89 Å². The van der Waals surface area contributed by atoms with Crippen LogP contribution in [0.1, 0.15) is 24.8 Å². The van der Waals surface area contributed by atoms with Crippen LogP contribution in [0.15, 0.2) is 45.6 Å². The molecule has 3 rings (SSSR count). The van der Waals surface area contributed by atoms with E-state index in [0.717, 1.165) is 11.1 Å². The van der Waals surface area contributed by atoms with Gasteiger partial charge in [0.15, 0.2) is 0 Å². The average Bonchev–Trinajstić information content (AvgIpc) is 3.26. The lowest BCUT2D eigenvalue weighted by Crippen LogP contribution is -2.05. The van der Waals surface area contributed by atoms with Crippen molar-refractivity contribution in [2.45, 2.75) is 13.3 Å². The highest BCUT2D eigenvalue weighted by Gasteiger charge is 2.16. The lowest BCUT2D eigenvalue weighted by Gasteiger charge is -2.03. The zero-order chi connectivity index (χ0) is 18.5. The third-order valence-electron chi connectivity index (χ3n) is 3.39. The van der Waals surface area contributed by atoms with Gasteiger partial charge in [-0.3, -0.25) is 9.59 Å². The Morgan fingerprint density at radius 3 is 2.65 bits per heavy atom. The Morgan fingerprint density at radius 1 is 1.27 bits per heavy atom. The first-order valence-electron chi connectivity index (χ1n) is 7.68. The van der Waals surface area contributed by atoms with Crippen molar-refractivity contribution in [2.75, 3.05) is 5.32 Å². The van der Waals surface area contributed by atoms with Crippen LogP contribution in [0.25, 0.3) is 23.0 Å². The highest BCUT2D eigenvalue weighted by atomic mass is 32.1. The SMILES string of the molecule is CC(=O)Nc1ccc(/C=C(\CC(=O)O)c2nc(-c3ccsc3)no2)cc1. The lowest BCUT2D eigenvalue weighted by molar-refractivity contribution is -0.135. The van der Waals surface area contributed by atoms with E-state index in [0.29, 0.717) is 17.1 Å². The van der Waals surface area contributed by atoms with Gasteiger partial charge in [-0.2, -0.15) is 16.3 Å². The summed E-state index contributed by atoms with van der Waals surface area (Å²) in [6, 6.07) is 8.86. The van der Waals surface area contributed by atoms with Crippen LogP contribution in [0.3, 0.4) is 0 Å². The summed E-state index contributed by atoms with van der Waals surface area (Å²) in [5.74, 6) is -0.578. The number of carboxylic acid groups (broad SMARTS) is 1. The number of aromatic nitrogens is 2. The fourth-order valence-corrected chi connectivity index (χ4v) is 2.92. The van der Waals surface area contributed by atoms with Gasteiger partial charge in [-0.05, 0) is 35.2 Å². The van der Waals surface area contributed by atoms with Gasteiger partial charge in [0.2, 0.25) is 11.7 Å². The highest BCUT2D eigenvalue weighted by Crippen LogP contribution is 2.25. The van der Waals surface area contributed by atoms with Crippen molar-refractivity contribution in [1.82, 2.24) is 10.1 Å². The molecule has 1 amide bonds. The molecule has 0 radical (unpaired) electrons. The van der Waals surface area contributed by atoms with Gasteiger partial charge in [0, 0.05) is 29.1 Å². The molecular formula is C18H15N3O4S. The Hall–Kier alpha value is -3.26. The summed E-state index contributed by atoms with van der Waals surface area (Å²) in [5.41, 5.74) is 2.63. The van der Waals surface area contributed by atoms with Gasteiger partial charge in [-0.1, -0.05) is 17.3 Å². The molecule has 0 bridgehead atoms. The number of nitrogens with zero attached hydrogens (tertiary/aromatic N) is 2. The van der Waals surface area contributed by atoms with E-state index < -0.39 is 5.97 Å². The summed E-state index contributed by atoms with van der Waals surface area (Å²) in [6.07, 6.45) is 1.43. The second-order valence-electron chi connectivity index (χ2n) is 5.48. The number of hydrogen-bond acceptors (Lipinski definition) is 6. The van der Waals surface area contributed by atoms with Crippen molar-refractivity contribution in [3.63, 3.8) is 0 Å². The molecule has 0 fully saturated rings. The van der Waals surface area contributed by atoms with E-state index in [1.165, 1.54) is 18.3 Å². The molecule has 2 heterocycles. The number of carbonyl (C=O) groups is 2. The molecule has 0 saturated carbocycles. The van der Waals surface area contributed by atoms with Crippen LogP contribution in [0.4, 0.5) is 5.69 Å².